The molecule has 1 atom stereocenters. The van der Waals surface area contributed by atoms with Gasteiger partial charge in [0.15, 0.2) is 5.69 Å². The Labute approximate surface area is 130 Å². The van der Waals surface area contributed by atoms with E-state index in [4.69, 9.17) is 0 Å². The monoisotopic (exact) mass is 299 g/mol. The van der Waals surface area contributed by atoms with Crippen LogP contribution in [0.4, 0.5) is 0 Å². The summed E-state index contributed by atoms with van der Waals surface area (Å²) in [5, 5.41) is 11.3. The molecule has 1 N–H and O–H groups in total. The molecule has 0 bridgehead atoms. The van der Waals surface area contributed by atoms with Crippen LogP contribution in [0, 0.1) is 0 Å². The van der Waals surface area contributed by atoms with Crippen LogP contribution in [0.25, 0.3) is 5.69 Å². The van der Waals surface area contributed by atoms with Gasteiger partial charge in [0.2, 0.25) is 0 Å². The number of para-hydroxylation sites is 1. The Morgan fingerprint density at radius 1 is 1.27 bits per heavy atom. The summed E-state index contributed by atoms with van der Waals surface area (Å²) in [6, 6.07) is 9.91. The number of rotatable bonds is 5. The molecule has 116 valence electrons. The highest BCUT2D eigenvalue weighted by molar-refractivity contribution is 5.91. The minimum absolute atomic E-state index is 0.173. The SMILES string of the molecule is C[C@@H](CNC(=O)c1cnn(-c2ccccc2)n1)N1CCCC1. The molecule has 1 amide bonds. The van der Waals surface area contributed by atoms with E-state index in [-0.39, 0.29) is 5.91 Å². The normalized spacial score (nSPS) is 16.6. The van der Waals surface area contributed by atoms with Gasteiger partial charge in [0.1, 0.15) is 0 Å². The van der Waals surface area contributed by atoms with E-state index >= 15 is 0 Å². The van der Waals surface area contributed by atoms with Crippen molar-refractivity contribution in [2.24, 2.45) is 0 Å². The van der Waals surface area contributed by atoms with Crippen LogP contribution in [0.2, 0.25) is 0 Å². The van der Waals surface area contributed by atoms with Gasteiger partial charge in [-0.05, 0) is 45.0 Å². The van der Waals surface area contributed by atoms with Crippen molar-refractivity contribution in [3.05, 3.63) is 42.2 Å². The maximum absolute atomic E-state index is 12.2. The molecule has 1 aromatic carbocycles. The van der Waals surface area contributed by atoms with E-state index in [1.165, 1.54) is 23.8 Å². The van der Waals surface area contributed by atoms with Gasteiger partial charge in [-0.2, -0.15) is 9.90 Å². The molecule has 0 radical (unpaired) electrons. The molecule has 2 aromatic rings. The Balaban J connectivity index is 1.57. The lowest BCUT2D eigenvalue weighted by atomic mass is 10.3. The maximum Gasteiger partial charge on any atom is 0.273 e. The van der Waals surface area contributed by atoms with Gasteiger partial charge < -0.3 is 5.32 Å². The van der Waals surface area contributed by atoms with Crippen molar-refractivity contribution in [1.82, 2.24) is 25.2 Å². The van der Waals surface area contributed by atoms with E-state index in [1.807, 2.05) is 30.3 Å². The summed E-state index contributed by atoms with van der Waals surface area (Å²) in [6.07, 6.45) is 4.01. The molecule has 22 heavy (non-hydrogen) atoms. The lowest BCUT2D eigenvalue weighted by Crippen LogP contribution is -2.40. The maximum atomic E-state index is 12.2. The molecule has 3 rings (SSSR count). The number of nitrogens with one attached hydrogen (secondary N) is 1. The van der Waals surface area contributed by atoms with Gasteiger partial charge in [0.25, 0.3) is 5.91 Å². The molecule has 1 aliphatic rings. The zero-order chi connectivity index (χ0) is 15.4. The predicted octanol–water partition coefficient (Wildman–Crippen LogP) is 1.48. The minimum Gasteiger partial charge on any atom is -0.349 e. The quantitative estimate of drug-likeness (QED) is 0.908. The van der Waals surface area contributed by atoms with Gasteiger partial charge in [-0.3, -0.25) is 9.69 Å². The molecule has 1 fully saturated rings. The summed E-state index contributed by atoms with van der Waals surface area (Å²) in [7, 11) is 0. The molecular weight excluding hydrogens is 278 g/mol. The molecule has 1 saturated heterocycles. The van der Waals surface area contributed by atoms with Crippen LogP contribution in [0.5, 0.6) is 0 Å². The lowest BCUT2D eigenvalue weighted by Gasteiger charge is -2.23. The van der Waals surface area contributed by atoms with Crippen molar-refractivity contribution >= 4 is 5.91 Å². The van der Waals surface area contributed by atoms with Crippen molar-refractivity contribution in [3.63, 3.8) is 0 Å². The minimum atomic E-state index is -0.173. The van der Waals surface area contributed by atoms with Gasteiger partial charge in [0, 0.05) is 12.6 Å². The van der Waals surface area contributed by atoms with Crippen LogP contribution in [-0.2, 0) is 0 Å². The summed E-state index contributed by atoms with van der Waals surface area (Å²) in [5.74, 6) is -0.173. The summed E-state index contributed by atoms with van der Waals surface area (Å²) in [4.78, 5) is 16.0. The van der Waals surface area contributed by atoms with Crippen LogP contribution < -0.4 is 5.32 Å². The fourth-order valence-corrected chi connectivity index (χ4v) is 2.70. The van der Waals surface area contributed by atoms with Crippen molar-refractivity contribution < 1.29 is 4.79 Å². The van der Waals surface area contributed by atoms with E-state index in [1.54, 1.807) is 0 Å². The third-order valence-corrected chi connectivity index (χ3v) is 4.03. The first-order valence-corrected chi connectivity index (χ1v) is 7.74. The summed E-state index contributed by atoms with van der Waals surface area (Å²) < 4.78 is 0. The van der Waals surface area contributed by atoms with Crippen molar-refractivity contribution in [2.75, 3.05) is 19.6 Å². The van der Waals surface area contributed by atoms with Crippen LogP contribution in [-0.4, -0.2) is 51.5 Å². The second-order valence-corrected chi connectivity index (χ2v) is 5.66. The number of hydrogen-bond donors (Lipinski definition) is 1. The van der Waals surface area contributed by atoms with E-state index in [0.29, 0.717) is 18.3 Å². The van der Waals surface area contributed by atoms with Gasteiger partial charge in [0.05, 0.1) is 11.9 Å². The van der Waals surface area contributed by atoms with Crippen LogP contribution in [0.1, 0.15) is 30.3 Å². The molecule has 0 aliphatic carbocycles. The van der Waals surface area contributed by atoms with Gasteiger partial charge in [-0.1, -0.05) is 18.2 Å². The van der Waals surface area contributed by atoms with Crippen LogP contribution in [0.3, 0.4) is 0 Å². The van der Waals surface area contributed by atoms with Crippen LogP contribution >= 0.6 is 0 Å². The van der Waals surface area contributed by atoms with Crippen LogP contribution in [0.15, 0.2) is 36.5 Å². The van der Waals surface area contributed by atoms with Gasteiger partial charge in [-0.25, -0.2) is 0 Å². The van der Waals surface area contributed by atoms with Crippen molar-refractivity contribution in [3.8, 4) is 5.69 Å². The number of nitrogens with zero attached hydrogens (tertiary/aromatic N) is 4. The molecule has 0 saturated carbocycles. The third-order valence-electron chi connectivity index (χ3n) is 4.03. The molecule has 0 spiro atoms. The number of hydrogen-bond acceptors (Lipinski definition) is 4. The Morgan fingerprint density at radius 3 is 2.73 bits per heavy atom. The van der Waals surface area contributed by atoms with Crippen molar-refractivity contribution in [1.29, 1.82) is 0 Å². The van der Waals surface area contributed by atoms with E-state index in [9.17, 15) is 4.79 Å². The fourth-order valence-electron chi connectivity index (χ4n) is 2.70. The van der Waals surface area contributed by atoms with E-state index in [2.05, 4.69) is 27.3 Å². The highest BCUT2D eigenvalue weighted by atomic mass is 16.2. The first-order chi connectivity index (χ1) is 10.7. The molecule has 6 nitrogen and oxygen atoms in total. The highest BCUT2D eigenvalue weighted by Crippen LogP contribution is 2.11. The third kappa shape index (κ3) is 3.33. The number of carbonyl (C=O) groups is 1. The average molecular weight is 299 g/mol. The molecule has 2 heterocycles. The largest absolute Gasteiger partial charge is 0.349 e. The zero-order valence-electron chi connectivity index (χ0n) is 12.8. The molecule has 1 aliphatic heterocycles. The topological polar surface area (TPSA) is 63.1 Å². The predicted molar refractivity (Wildman–Crippen MR) is 84.0 cm³/mol. The summed E-state index contributed by atoms with van der Waals surface area (Å²) >= 11 is 0. The first-order valence-electron chi connectivity index (χ1n) is 7.74. The van der Waals surface area contributed by atoms with E-state index < -0.39 is 0 Å². The number of amides is 1. The molecule has 1 aromatic heterocycles. The zero-order valence-corrected chi connectivity index (χ0v) is 12.8. The Kier molecular flexibility index (Phi) is 4.48. The summed E-state index contributed by atoms with van der Waals surface area (Å²) in [6.45, 7) is 5.03. The van der Waals surface area contributed by atoms with Gasteiger partial charge >= 0.3 is 0 Å². The molecular formula is C16H21N5O. The number of carbonyl (C=O) groups excluding carboxylic acids is 1. The number of likely N-dealkylation sites (tertiary alicyclic amines) is 1. The Morgan fingerprint density at radius 2 is 2.00 bits per heavy atom. The second-order valence-electron chi connectivity index (χ2n) is 5.66. The van der Waals surface area contributed by atoms with Gasteiger partial charge in [-0.15, -0.1) is 5.10 Å². The average Bonchev–Trinajstić information content (AvgIpc) is 3.24. The molecule has 0 unspecified atom stereocenters. The highest BCUT2D eigenvalue weighted by Gasteiger charge is 2.19. The standard InChI is InChI=1S/C16H21N5O/c1-13(20-9-5-6-10-20)11-17-16(22)15-12-18-21(19-15)14-7-3-2-4-8-14/h2-4,7-8,12-13H,5-6,9-11H2,1H3,(H,17,22)/t13-/m0/s1. The molecule has 6 heteroatoms. The Bertz CT molecular complexity index is 618. The number of benzene rings is 1. The summed E-state index contributed by atoms with van der Waals surface area (Å²) in [5.41, 5.74) is 1.18. The lowest BCUT2D eigenvalue weighted by molar-refractivity contribution is 0.0935. The Hall–Kier alpha value is -2.21. The fraction of sp³-hybridized carbons (Fsp3) is 0.438. The second kappa shape index (κ2) is 6.70. The van der Waals surface area contributed by atoms with E-state index in [0.717, 1.165) is 18.8 Å². The smallest absolute Gasteiger partial charge is 0.273 e. The first kappa shape index (κ1) is 14.7. The van der Waals surface area contributed by atoms with Crippen molar-refractivity contribution in [2.45, 2.75) is 25.8 Å². The number of aromatic nitrogens is 3.